The molecule has 4 N–H and O–H groups in total. The van der Waals surface area contributed by atoms with Gasteiger partial charge in [-0.15, -0.1) is 0 Å². The number of aliphatic hydroxyl groups excluding tert-OH is 2. The number of thiol groups is 1. The fraction of sp³-hybridized carbons (Fsp3) is 0.370. The fourth-order valence-corrected chi connectivity index (χ4v) is 4.21. The Labute approximate surface area is 207 Å². The standard InChI is InChI=1S/C27H35N3O3S/c1-27(2)11-9-21(20-3-6-23(7-4-20)30(14-16-31)15-17-32)10-12-28-25-8-5-22(19-24(25)27)26(33)29-13-18-34/h3-10,12,19,28,31-32,34H,11,13-18H2,1-2H3,(H,29,33)/b12-10-,21-9+. The maximum Gasteiger partial charge on any atom is 0.251 e. The molecule has 3 rings (SSSR count). The Morgan fingerprint density at radius 2 is 1.82 bits per heavy atom. The summed E-state index contributed by atoms with van der Waals surface area (Å²) in [6, 6.07) is 14.0. The summed E-state index contributed by atoms with van der Waals surface area (Å²) in [5.74, 6) is 0.514. The topological polar surface area (TPSA) is 84.8 Å². The molecule has 0 atom stereocenters. The van der Waals surface area contributed by atoms with Crippen LogP contribution < -0.4 is 15.5 Å². The van der Waals surface area contributed by atoms with Crippen molar-refractivity contribution in [3.8, 4) is 0 Å². The number of carbonyl (C=O) groups excluding carboxylic acids is 1. The van der Waals surface area contributed by atoms with Crippen LogP contribution in [0.3, 0.4) is 0 Å². The van der Waals surface area contributed by atoms with Crippen molar-refractivity contribution in [3.63, 3.8) is 0 Å². The van der Waals surface area contributed by atoms with Crippen LogP contribution in [0.2, 0.25) is 0 Å². The summed E-state index contributed by atoms with van der Waals surface area (Å²) in [7, 11) is 0. The molecular formula is C27H35N3O3S. The van der Waals surface area contributed by atoms with Crippen LogP contribution in [0.1, 0.15) is 41.8 Å². The van der Waals surface area contributed by atoms with Crippen LogP contribution in [0.4, 0.5) is 11.4 Å². The van der Waals surface area contributed by atoms with Gasteiger partial charge in [-0.2, -0.15) is 12.6 Å². The quantitative estimate of drug-likeness (QED) is 0.352. The number of nitrogens with zero attached hydrogens (tertiary/aromatic N) is 1. The van der Waals surface area contributed by atoms with Gasteiger partial charge in [-0.3, -0.25) is 4.79 Å². The van der Waals surface area contributed by atoms with Crippen LogP contribution in [0.5, 0.6) is 0 Å². The molecule has 0 aromatic heterocycles. The van der Waals surface area contributed by atoms with Crippen molar-refractivity contribution in [2.75, 3.05) is 48.8 Å². The van der Waals surface area contributed by atoms with Crippen LogP contribution in [0, 0.1) is 0 Å². The Hall–Kier alpha value is -2.74. The normalized spacial score (nSPS) is 17.1. The van der Waals surface area contributed by atoms with Gasteiger partial charge in [0, 0.05) is 48.5 Å². The van der Waals surface area contributed by atoms with E-state index in [1.807, 2.05) is 41.4 Å². The first kappa shape index (κ1) is 25.9. The van der Waals surface area contributed by atoms with E-state index in [1.165, 1.54) is 0 Å². The van der Waals surface area contributed by atoms with E-state index in [1.54, 1.807) is 0 Å². The van der Waals surface area contributed by atoms with Crippen molar-refractivity contribution >= 4 is 35.5 Å². The highest BCUT2D eigenvalue weighted by molar-refractivity contribution is 7.80. The van der Waals surface area contributed by atoms with Gasteiger partial charge in [0.25, 0.3) is 5.91 Å². The molecule has 0 saturated carbocycles. The first-order chi connectivity index (χ1) is 16.4. The van der Waals surface area contributed by atoms with Gasteiger partial charge in [-0.1, -0.05) is 32.1 Å². The van der Waals surface area contributed by atoms with Crippen LogP contribution in [-0.2, 0) is 5.41 Å². The first-order valence-corrected chi connectivity index (χ1v) is 12.3. The minimum atomic E-state index is -0.196. The van der Waals surface area contributed by atoms with E-state index in [4.69, 9.17) is 0 Å². The second-order valence-electron chi connectivity index (χ2n) is 8.95. The average Bonchev–Trinajstić information content (AvgIpc) is 2.90. The van der Waals surface area contributed by atoms with Gasteiger partial charge in [-0.25, -0.2) is 0 Å². The molecule has 1 aliphatic heterocycles. The van der Waals surface area contributed by atoms with E-state index in [2.05, 4.69) is 61.4 Å². The Morgan fingerprint density at radius 1 is 1.12 bits per heavy atom. The van der Waals surface area contributed by atoms with E-state index in [0.29, 0.717) is 31.0 Å². The number of rotatable bonds is 9. The molecule has 0 aliphatic carbocycles. The minimum absolute atomic E-state index is 0.0372. The predicted octanol–water partition coefficient (Wildman–Crippen LogP) is 3.83. The summed E-state index contributed by atoms with van der Waals surface area (Å²) >= 11 is 4.16. The van der Waals surface area contributed by atoms with E-state index in [0.717, 1.165) is 34.5 Å². The molecule has 6 nitrogen and oxygen atoms in total. The maximum absolute atomic E-state index is 12.5. The average molecular weight is 482 g/mol. The number of fused-ring (bicyclic) bond motifs is 1. The monoisotopic (exact) mass is 481 g/mol. The van der Waals surface area contributed by atoms with Crippen molar-refractivity contribution in [1.29, 1.82) is 0 Å². The zero-order valence-corrected chi connectivity index (χ0v) is 20.8. The van der Waals surface area contributed by atoms with E-state index in [9.17, 15) is 15.0 Å². The molecule has 0 saturated heterocycles. The van der Waals surface area contributed by atoms with E-state index < -0.39 is 0 Å². The molecule has 182 valence electrons. The van der Waals surface area contributed by atoms with Gasteiger partial charge in [-0.05, 0) is 64.9 Å². The number of allylic oxidation sites excluding steroid dienone is 3. The van der Waals surface area contributed by atoms with Crippen molar-refractivity contribution in [1.82, 2.24) is 5.32 Å². The number of benzene rings is 2. The van der Waals surface area contributed by atoms with Crippen molar-refractivity contribution < 1.29 is 15.0 Å². The summed E-state index contributed by atoms with van der Waals surface area (Å²) in [6.45, 7) is 5.94. The minimum Gasteiger partial charge on any atom is -0.395 e. The molecule has 0 bridgehead atoms. The van der Waals surface area contributed by atoms with Gasteiger partial charge < -0.3 is 25.7 Å². The molecule has 0 unspecified atom stereocenters. The highest BCUT2D eigenvalue weighted by Crippen LogP contribution is 2.36. The molecule has 0 fully saturated rings. The Balaban J connectivity index is 1.86. The lowest BCUT2D eigenvalue weighted by Gasteiger charge is -2.27. The molecule has 2 aromatic carbocycles. The van der Waals surface area contributed by atoms with Gasteiger partial charge in [0.15, 0.2) is 0 Å². The predicted molar refractivity (Wildman–Crippen MR) is 144 cm³/mol. The van der Waals surface area contributed by atoms with Crippen LogP contribution in [0.25, 0.3) is 5.57 Å². The number of nitrogens with one attached hydrogen (secondary N) is 2. The lowest BCUT2D eigenvalue weighted by Crippen LogP contribution is -2.29. The SMILES string of the molecule is CC1(C)C/C=C(c2ccc(N(CCO)CCO)cc2)\C=C/Nc2ccc(C(=O)NCCS)cc21. The molecule has 0 radical (unpaired) electrons. The number of carbonyl (C=O) groups is 1. The molecule has 1 aliphatic rings. The number of aliphatic hydroxyl groups is 2. The Morgan fingerprint density at radius 3 is 2.47 bits per heavy atom. The smallest absolute Gasteiger partial charge is 0.251 e. The molecule has 7 heteroatoms. The van der Waals surface area contributed by atoms with E-state index in [-0.39, 0.29) is 24.5 Å². The molecule has 34 heavy (non-hydrogen) atoms. The van der Waals surface area contributed by atoms with Crippen LogP contribution in [0.15, 0.2) is 60.8 Å². The van der Waals surface area contributed by atoms with Crippen molar-refractivity contribution in [2.24, 2.45) is 0 Å². The maximum atomic E-state index is 12.5. The number of amides is 1. The summed E-state index contributed by atoms with van der Waals surface area (Å²) < 4.78 is 0. The third kappa shape index (κ3) is 6.44. The Bertz CT molecular complexity index is 1030. The highest BCUT2D eigenvalue weighted by Gasteiger charge is 2.25. The first-order valence-electron chi connectivity index (χ1n) is 11.6. The Kier molecular flexibility index (Phi) is 9.21. The summed E-state index contributed by atoms with van der Waals surface area (Å²) in [5.41, 5.74) is 5.68. The van der Waals surface area contributed by atoms with E-state index >= 15 is 0 Å². The van der Waals surface area contributed by atoms with Gasteiger partial charge >= 0.3 is 0 Å². The van der Waals surface area contributed by atoms with Crippen LogP contribution >= 0.6 is 12.6 Å². The lowest BCUT2D eigenvalue weighted by molar-refractivity contribution is 0.0956. The lowest BCUT2D eigenvalue weighted by atomic mass is 9.79. The second-order valence-corrected chi connectivity index (χ2v) is 9.39. The number of anilines is 2. The molecule has 2 aromatic rings. The zero-order chi connectivity index (χ0) is 24.6. The van der Waals surface area contributed by atoms with Crippen LogP contribution in [-0.4, -0.2) is 54.7 Å². The second kappa shape index (κ2) is 12.1. The summed E-state index contributed by atoms with van der Waals surface area (Å²) in [4.78, 5) is 14.5. The van der Waals surface area contributed by atoms with Gasteiger partial charge in [0.05, 0.1) is 13.2 Å². The van der Waals surface area contributed by atoms with Gasteiger partial charge in [0.2, 0.25) is 0 Å². The molecule has 1 heterocycles. The van der Waals surface area contributed by atoms with Crippen molar-refractivity contribution in [2.45, 2.75) is 25.7 Å². The molecule has 1 amide bonds. The molecular weight excluding hydrogens is 446 g/mol. The molecule has 0 spiro atoms. The van der Waals surface area contributed by atoms with Gasteiger partial charge in [0.1, 0.15) is 0 Å². The number of hydrogen-bond acceptors (Lipinski definition) is 6. The fourth-order valence-electron chi connectivity index (χ4n) is 4.10. The largest absolute Gasteiger partial charge is 0.395 e. The zero-order valence-electron chi connectivity index (χ0n) is 19.9. The third-order valence-corrected chi connectivity index (χ3v) is 6.27. The number of hydrogen-bond donors (Lipinski definition) is 5. The van der Waals surface area contributed by atoms with Crippen molar-refractivity contribution in [3.05, 3.63) is 77.5 Å². The third-order valence-electron chi connectivity index (χ3n) is 6.05. The highest BCUT2D eigenvalue weighted by atomic mass is 32.1. The summed E-state index contributed by atoms with van der Waals surface area (Å²) in [6.07, 6.45) is 7.03. The summed E-state index contributed by atoms with van der Waals surface area (Å²) in [5, 5.41) is 24.9.